The minimum Gasteiger partial charge on any atom is -0.437 e. The van der Waals surface area contributed by atoms with Crippen molar-refractivity contribution in [1.82, 2.24) is 25.5 Å². The first kappa shape index (κ1) is 35.8. The van der Waals surface area contributed by atoms with Crippen LogP contribution in [0.15, 0.2) is 66.9 Å². The summed E-state index contributed by atoms with van der Waals surface area (Å²) in [5.74, 6) is -3.13. The molecule has 2 saturated heterocycles. The second-order valence-electron chi connectivity index (χ2n) is 13.9. The van der Waals surface area contributed by atoms with E-state index in [1.165, 1.54) is 6.07 Å². The second-order valence-corrected chi connectivity index (χ2v) is 13.9. The van der Waals surface area contributed by atoms with Crippen molar-refractivity contribution in [2.75, 3.05) is 23.3 Å². The Balaban J connectivity index is 0.857. The molecule has 4 aromatic rings. The van der Waals surface area contributed by atoms with Gasteiger partial charge < -0.3 is 20.3 Å². The number of Topliss-reactive ketones (excluding diaryl/α,β-unsaturated/α-hetero) is 1. The predicted molar refractivity (Wildman–Crippen MR) is 191 cm³/mol. The standard InChI is InChI=1S/C39H34F3N7O6/c40-39(41,42)28-20-44-38(47-35(28)55-31-3-1-2-22-6-12-30(50)33(22)31)45-24-7-4-21(5-8-24)19-43-23-14-16-48(17-15-23)25-9-10-26-27(18-25)37(54)49(36(26)53)29-11-13-32(51)46-34(29)52/h1-5,7-10,18,20,23,29,43H,6,11-17,19H2,(H,44,45,47)(H,46,51,52). The first-order valence-electron chi connectivity index (χ1n) is 17.9. The number of hydrogen-bond acceptors (Lipinski definition) is 11. The largest absolute Gasteiger partial charge is 0.437 e. The molecule has 1 aromatic heterocycles. The molecule has 0 bridgehead atoms. The number of imide groups is 2. The van der Waals surface area contributed by atoms with Crippen molar-refractivity contribution in [2.45, 2.75) is 63.3 Å². The van der Waals surface area contributed by atoms with Crippen LogP contribution >= 0.6 is 0 Å². The Morgan fingerprint density at radius 1 is 0.873 bits per heavy atom. The number of ether oxygens (including phenoxy) is 1. The molecule has 0 radical (unpaired) electrons. The summed E-state index contributed by atoms with van der Waals surface area (Å²) in [4.78, 5) is 73.7. The molecule has 1 aliphatic carbocycles. The smallest absolute Gasteiger partial charge is 0.423 e. The summed E-state index contributed by atoms with van der Waals surface area (Å²) in [7, 11) is 0. The zero-order chi connectivity index (χ0) is 38.4. The summed E-state index contributed by atoms with van der Waals surface area (Å²) in [5.41, 5.74) is 2.66. The zero-order valence-electron chi connectivity index (χ0n) is 29.2. The number of halogens is 3. The number of aromatic nitrogens is 2. The Hall–Kier alpha value is -6.16. The van der Waals surface area contributed by atoms with E-state index in [0.29, 0.717) is 37.9 Å². The Morgan fingerprint density at radius 3 is 2.38 bits per heavy atom. The van der Waals surface area contributed by atoms with Crippen LogP contribution in [-0.4, -0.2) is 69.5 Å². The number of nitrogens with one attached hydrogen (secondary N) is 3. The lowest BCUT2D eigenvalue weighted by Gasteiger charge is -2.34. The molecule has 16 heteroatoms. The van der Waals surface area contributed by atoms with E-state index in [9.17, 15) is 37.1 Å². The third kappa shape index (κ3) is 7.12. The Morgan fingerprint density at radius 2 is 1.64 bits per heavy atom. The highest BCUT2D eigenvalue weighted by atomic mass is 19.4. The number of alkyl halides is 3. The van der Waals surface area contributed by atoms with Gasteiger partial charge in [0.05, 0.1) is 16.7 Å². The molecular formula is C39H34F3N7O6. The Kier molecular flexibility index (Phi) is 9.28. The number of piperidine rings is 2. The molecule has 13 nitrogen and oxygen atoms in total. The van der Waals surface area contributed by atoms with E-state index in [1.807, 2.05) is 18.2 Å². The normalized spacial score (nSPS) is 18.7. The molecule has 282 valence electrons. The number of benzene rings is 3. The van der Waals surface area contributed by atoms with Crippen molar-refractivity contribution in [3.8, 4) is 11.6 Å². The van der Waals surface area contributed by atoms with Gasteiger partial charge in [0, 0.05) is 56.1 Å². The van der Waals surface area contributed by atoms with Crippen molar-refractivity contribution in [3.05, 3.63) is 100 Å². The molecule has 4 heterocycles. The van der Waals surface area contributed by atoms with Gasteiger partial charge >= 0.3 is 6.18 Å². The summed E-state index contributed by atoms with van der Waals surface area (Å²) in [6.45, 7) is 1.99. The van der Waals surface area contributed by atoms with Crippen LogP contribution in [0.3, 0.4) is 0 Å². The van der Waals surface area contributed by atoms with Gasteiger partial charge in [-0.3, -0.25) is 34.2 Å². The average molecular weight is 754 g/mol. The van der Waals surface area contributed by atoms with E-state index < -0.39 is 47.3 Å². The Labute approximate surface area is 312 Å². The molecule has 3 aromatic carbocycles. The van der Waals surface area contributed by atoms with E-state index in [1.54, 1.807) is 36.4 Å². The van der Waals surface area contributed by atoms with Crippen molar-refractivity contribution < 1.29 is 41.9 Å². The van der Waals surface area contributed by atoms with Crippen LogP contribution in [0.5, 0.6) is 11.6 Å². The molecule has 3 N–H and O–H groups in total. The van der Waals surface area contributed by atoms with Gasteiger partial charge in [0.1, 0.15) is 17.4 Å². The van der Waals surface area contributed by atoms with Gasteiger partial charge in [-0.05, 0) is 73.2 Å². The maximum Gasteiger partial charge on any atom is 0.423 e. The van der Waals surface area contributed by atoms with Crippen LogP contribution in [0.2, 0.25) is 0 Å². The lowest BCUT2D eigenvalue weighted by Crippen LogP contribution is -2.54. The maximum absolute atomic E-state index is 13.9. The second kappa shape index (κ2) is 14.2. The number of nitrogens with zero attached hydrogens (tertiary/aromatic N) is 4. The fourth-order valence-corrected chi connectivity index (χ4v) is 7.46. The molecule has 2 fully saturated rings. The predicted octanol–water partition coefficient (Wildman–Crippen LogP) is 5.32. The number of fused-ring (bicyclic) bond motifs is 2. The highest BCUT2D eigenvalue weighted by Gasteiger charge is 2.45. The molecule has 4 amide bonds. The van der Waals surface area contributed by atoms with Gasteiger partial charge in [0.15, 0.2) is 5.78 Å². The molecule has 0 spiro atoms. The number of amides is 4. The molecular weight excluding hydrogens is 719 g/mol. The number of hydrogen-bond donors (Lipinski definition) is 3. The van der Waals surface area contributed by atoms with Gasteiger partial charge in [0.2, 0.25) is 23.6 Å². The van der Waals surface area contributed by atoms with Crippen molar-refractivity contribution >= 4 is 46.7 Å². The third-order valence-electron chi connectivity index (χ3n) is 10.4. The first-order chi connectivity index (χ1) is 26.4. The van der Waals surface area contributed by atoms with E-state index in [0.717, 1.165) is 34.6 Å². The lowest BCUT2D eigenvalue weighted by atomic mass is 10.0. The molecule has 55 heavy (non-hydrogen) atoms. The molecule has 1 atom stereocenters. The van der Waals surface area contributed by atoms with Crippen LogP contribution in [0.25, 0.3) is 0 Å². The minimum atomic E-state index is -4.78. The summed E-state index contributed by atoms with van der Waals surface area (Å²) in [6, 6.07) is 16.5. The summed E-state index contributed by atoms with van der Waals surface area (Å²) < 4.78 is 47.2. The molecule has 4 aliphatic rings. The minimum absolute atomic E-state index is 0.0233. The molecule has 1 unspecified atom stereocenters. The highest BCUT2D eigenvalue weighted by Crippen LogP contribution is 2.40. The molecule has 3 aliphatic heterocycles. The molecule has 0 saturated carbocycles. The summed E-state index contributed by atoms with van der Waals surface area (Å²) in [6.07, 6.45) is -1.56. The van der Waals surface area contributed by atoms with Gasteiger partial charge in [-0.2, -0.15) is 18.2 Å². The summed E-state index contributed by atoms with van der Waals surface area (Å²) >= 11 is 0. The fourth-order valence-electron chi connectivity index (χ4n) is 7.46. The highest BCUT2D eigenvalue weighted by molar-refractivity contribution is 6.23. The SMILES string of the molecule is O=C1CCC(N2C(=O)c3ccc(N4CCC(NCc5ccc(Nc6ncc(C(F)(F)F)c(Oc7cccc8c7C(=O)CC8)n6)cc5)CC4)cc3C2=O)C(=O)N1. The maximum atomic E-state index is 13.9. The van der Waals surface area contributed by atoms with Gasteiger partial charge in [-0.1, -0.05) is 24.3 Å². The number of anilines is 3. The quantitative estimate of drug-likeness (QED) is 0.190. The van der Waals surface area contributed by atoms with Gasteiger partial charge in [-0.25, -0.2) is 4.98 Å². The topological polar surface area (TPSA) is 163 Å². The monoisotopic (exact) mass is 753 g/mol. The van der Waals surface area contributed by atoms with Crippen molar-refractivity contribution in [1.29, 1.82) is 0 Å². The van der Waals surface area contributed by atoms with Crippen LogP contribution in [-0.2, 0) is 28.7 Å². The third-order valence-corrected chi connectivity index (χ3v) is 10.4. The molecule has 8 rings (SSSR count). The summed E-state index contributed by atoms with van der Waals surface area (Å²) in [5, 5.41) is 8.71. The number of ketones is 1. The van der Waals surface area contributed by atoms with Crippen molar-refractivity contribution in [3.63, 3.8) is 0 Å². The lowest BCUT2D eigenvalue weighted by molar-refractivity contribution is -0.139. The number of aryl methyl sites for hydroxylation is 1. The number of rotatable bonds is 9. The van der Waals surface area contributed by atoms with Crippen LogP contribution in [0, 0.1) is 0 Å². The van der Waals surface area contributed by atoms with E-state index in [-0.39, 0.29) is 59.5 Å². The van der Waals surface area contributed by atoms with Crippen LogP contribution in [0.1, 0.15) is 79.9 Å². The van der Waals surface area contributed by atoms with E-state index >= 15 is 0 Å². The Bertz CT molecular complexity index is 2240. The average Bonchev–Trinajstić information content (AvgIpc) is 3.67. The van der Waals surface area contributed by atoms with Crippen LogP contribution < -0.4 is 25.6 Å². The van der Waals surface area contributed by atoms with Crippen LogP contribution in [0.4, 0.5) is 30.5 Å². The van der Waals surface area contributed by atoms with Gasteiger partial charge in [-0.15, -0.1) is 0 Å². The van der Waals surface area contributed by atoms with E-state index in [2.05, 4.69) is 30.8 Å². The number of carbonyl (C=O) groups excluding carboxylic acids is 5. The van der Waals surface area contributed by atoms with E-state index in [4.69, 9.17) is 4.74 Å². The number of carbonyl (C=O) groups is 5. The fraction of sp³-hybridized carbons (Fsp3) is 0.308. The van der Waals surface area contributed by atoms with Gasteiger partial charge in [0.25, 0.3) is 11.8 Å². The zero-order valence-corrected chi connectivity index (χ0v) is 29.2. The van der Waals surface area contributed by atoms with Crippen molar-refractivity contribution in [2.24, 2.45) is 0 Å². The first-order valence-corrected chi connectivity index (χ1v) is 17.9.